The Hall–Kier alpha value is -1.06. The molecule has 2 aliphatic carbocycles. The number of carbonyl (C=O) groups is 2. The summed E-state index contributed by atoms with van der Waals surface area (Å²) in [5, 5.41) is 3.45. The summed E-state index contributed by atoms with van der Waals surface area (Å²) in [5.74, 6) is 2.11. The number of carbonyl (C=O) groups excluding carboxylic acids is 2. The zero-order valence-electron chi connectivity index (χ0n) is 15.8. The van der Waals surface area contributed by atoms with Crippen molar-refractivity contribution in [2.24, 2.45) is 17.8 Å². The quantitative estimate of drug-likeness (QED) is 0.845. The van der Waals surface area contributed by atoms with Crippen LogP contribution in [-0.2, 0) is 9.59 Å². The van der Waals surface area contributed by atoms with Gasteiger partial charge in [-0.1, -0.05) is 19.8 Å². The smallest absolute Gasteiger partial charge is 0.223 e. The topological polar surface area (TPSA) is 49.4 Å². The molecule has 0 aromatic carbocycles. The van der Waals surface area contributed by atoms with Crippen molar-refractivity contribution in [1.82, 2.24) is 10.2 Å². The lowest BCUT2D eigenvalue weighted by molar-refractivity contribution is -0.140. The normalized spacial score (nSPS) is 38.5. The minimum absolute atomic E-state index is 0.116. The molecule has 140 valence electrons. The van der Waals surface area contributed by atoms with Gasteiger partial charge in [0, 0.05) is 30.5 Å². The van der Waals surface area contributed by atoms with Gasteiger partial charge in [0.15, 0.2) is 0 Å². The van der Waals surface area contributed by atoms with Crippen LogP contribution in [0.15, 0.2) is 0 Å². The predicted molar refractivity (Wildman–Crippen MR) is 97.9 cm³/mol. The number of nitrogens with zero attached hydrogens (tertiary/aromatic N) is 1. The maximum atomic E-state index is 12.7. The van der Waals surface area contributed by atoms with Gasteiger partial charge in [0.05, 0.1) is 0 Å². The van der Waals surface area contributed by atoms with Gasteiger partial charge in [-0.05, 0) is 69.6 Å². The van der Waals surface area contributed by atoms with Gasteiger partial charge in [0.25, 0.3) is 0 Å². The van der Waals surface area contributed by atoms with Gasteiger partial charge in [-0.2, -0.15) is 0 Å². The van der Waals surface area contributed by atoms with Gasteiger partial charge in [0.1, 0.15) is 0 Å². The third kappa shape index (κ3) is 2.90. The number of amides is 2. The van der Waals surface area contributed by atoms with E-state index in [9.17, 15) is 9.59 Å². The highest BCUT2D eigenvalue weighted by atomic mass is 16.2. The highest BCUT2D eigenvalue weighted by Crippen LogP contribution is 2.52. The largest absolute Gasteiger partial charge is 0.353 e. The summed E-state index contributed by atoms with van der Waals surface area (Å²) in [6, 6.07) is 0.333. The van der Waals surface area contributed by atoms with E-state index in [0.717, 1.165) is 45.1 Å². The van der Waals surface area contributed by atoms with Crippen LogP contribution in [0.25, 0.3) is 0 Å². The molecule has 0 bridgehead atoms. The second-order valence-corrected chi connectivity index (χ2v) is 8.99. The van der Waals surface area contributed by atoms with E-state index >= 15 is 0 Å². The first kappa shape index (κ1) is 17.4. The Bertz CT molecular complexity index is 530. The molecule has 0 unspecified atom stereocenters. The van der Waals surface area contributed by atoms with Crippen molar-refractivity contribution < 1.29 is 9.59 Å². The molecule has 2 heterocycles. The molecule has 4 fully saturated rings. The SMILES string of the molecule is CCC[C@H]1[C@@H](NC(=O)C2CCC2)CC[C@@]23CCCN2C(=O)CCC[C@@H]13. The van der Waals surface area contributed by atoms with Crippen molar-refractivity contribution in [2.45, 2.75) is 95.6 Å². The van der Waals surface area contributed by atoms with Crippen LogP contribution >= 0.6 is 0 Å². The Morgan fingerprint density at radius 2 is 2.00 bits per heavy atom. The first-order valence-electron chi connectivity index (χ1n) is 10.8. The molecule has 1 N–H and O–H groups in total. The number of hydrogen-bond acceptors (Lipinski definition) is 2. The maximum absolute atomic E-state index is 12.7. The molecule has 0 aromatic heterocycles. The predicted octanol–water partition coefficient (Wildman–Crippen LogP) is 3.64. The van der Waals surface area contributed by atoms with Crippen LogP contribution in [0.5, 0.6) is 0 Å². The van der Waals surface area contributed by atoms with Gasteiger partial charge in [-0.3, -0.25) is 9.59 Å². The molecule has 4 aliphatic rings. The summed E-state index contributed by atoms with van der Waals surface area (Å²) >= 11 is 0. The van der Waals surface area contributed by atoms with E-state index in [-0.39, 0.29) is 11.5 Å². The highest BCUT2D eigenvalue weighted by molar-refractivity contribution is 5.80. The summed E-state index contributed by atoms with van der Waals surface area (Å²) in [4.78, 5) is 27.5. The summed E-state index contributed by atoms with van der Waals surface area (Å²) in [7, 11) is 0. The van der Waals surface area contributed by atoms with Crippen molar-refractivity contribution >= 4 is 11.8 Å². The molecular weight excluding hydrogens is 312 g/mol. The average Bonchev–Trinajstić information content (AvgIpc) is 2.90. The van der Waals surface area contributed by atoms with Crippen LogP contribution in [-0.4, -0.2) is 34.8 Å². The van der Waals surface area contributed by atoms with E-state index < -0.39 is 0 Å². The zero-order valence-corrected chi connectivity index (χ0v) is 15.8. The van der Waals surface area contributed by atoms with Crippen LogP contribution in [0.4, 0.5) is 0 Å². The summed E-state index contributed by atoms with van der Waals surface area (Å²) in [5.41, 5.74) is 0.116. The minimum Gasteiger partial charge on any atom is -0.353 e. The molecular formula is C21H34N2O2. The summed E-state index contributed by atoms with van der Waals surface area (Å²) in [6.07, 6.45) is 13.2. The fourth-order valence-electron chi connectivity index (χ4n) is 6.38. The maximum Gasteiger partial charge on any atom is 0.223 e. The molecule has 0 radical (unpaired) electrons. The van der Waals surface area contributed by atoms with Gasteiger partial charge >= 0.3 is 0 Å². The Labute approximate surface area is 152 Å². The standard InChI is InChI=1S/C21H34N2O2/c1-2-6-16-17-9-4-10-19(24)23-14-5-12-21(17,23)13-11-18(16)22-20(25)15-7-3-8-15/h15-18H,2-14H2,1H3,(H,22,25)/t16-,17+,18+,21-/m1/s1. The minimum atomic E-state index is 0.116. The van der Waals surface area contributed by atoms with Gasteiger partial charge in [0.2, 0.25) is 11.8 Å². The van der Waals surface area contributed by atoms with E-state index in [1.807, 2.05) is 0 Å². The summed E-state index contributed by atoms with van der Waals surface area (Å²) < 4.78 is 0. The third-order valence-corrected chi connectivity index (χ3v) is 7.77. The van der Waals surface area contributed by atoms with Crippen molar-refractivity contribution in [3.63, 3.8) is 0 Å². The van der Waals surface area contributed by atoms with Crippen LogP contribution in [0.1, 0.15) is 84.0 Å². The molecule has 1 spiro atoms. The van der Waals surface area contributed by atoms with Crippen molar-refractivity contribution in [1.29, 1.82) is 0 Å². The molecule has 4 nitrogen and oxygen atoms in total. The van der Waals surface area contributed by atoms with Gasteiger partial charge in [-0.15, -0.1) is 0 Å². The second-order valence-electron chi connectivity index (χ2n) is 8.99. The Morgan fingerprint density at radius 1 is 1.16 bits per heavy atom. The molecule has 25 heavy (non-hydrogen) atoms. The molecule has 2 aliphatic heterocycles. The van der Waals surface area contributed by atoms with E-state index in [1.165, 1.54) is 38.5 Å². The second kappa shape index (κ2) is 6.92. The first-order valence-corrected chi connectivity index (χ1v) is 10.8. The molecule has 2 saturated carbocycles. The lowest BCUT2D eigenvalue weighted by Gasteiger charge is -2.53. The molecule has 4 atom stereocenters. The lowest BCUT2D eigenvalue weighted by atomic mass is 9.61. The van der Waals surface area contributed by atoms with Crippen molar-refractivity contribution in [3.8, 4) is 0 Å². The van der Waals surface area contributed by atoms with Crippen LogP contribution in [0.2, 0.25) is 0 Å². The van der Waals surface area contributed by atoms with Crippen molar-refractivity contribution in [3.05, 3.63) is 0 Å². The van der Waals surface area contributed by atoms with E-state index in [0.29, 0.717) is 29.7 Å². The van der Waals surface area contributed by atoms with E-state index in [1.54, 1.807) is 0 Å². The van der Waals surface area contributed by atoms with E-state index in [4.69, 9.17) is 0 Å². The molecule has 0 aromatic rings. The molecule has 4 heteroatoms. The van der Waals surface area contributed by atoms with Crippen molar-refractivity contribution in [2.75, 3.05) is 6.54 Å². The van der Waals surface area contributed by atoms with Crippen LogP contribution in [0.3, 0.4) is 0 Å². The van der Waals surface area contributed by atoms with Crippen LogP contribution in [0, 0.1) is 17.8 Å². The molecule has 2 saturated heterocycles. The lowest BCUT2D eigenvalue weighted by Crippen LogP contribution is -2.60. The fraction of sp³-hybridized carbons (Fsp3) is 0.905. The number of rotatable bonds is 4. The Balaban J connectivity index is 1.57. The van der Waals surface area contributed by atoms with E-state index in [2.05, 4.69) is 17.1 Å². The first-order chi connectivity index (χ1) is 12.2. The Kier molecular flexibility index (Phi) is 4.81. The van der Waals surface area contributed by atoms with Crippen LogP contribution < -0.4 is 5.32 Å². The Morgan fingerprint density at radius 3 is 2.72 bits per heavy atom. The van der Waals surface area contributed by atoms with Gasteiger partial charge in [-0.25, -0.2) is 0 Å². The number of nitrogens with one attached hydrogen (secondary N) is 1. The highest BCUT2D eigenvalue weighted by Gasteiger charge is 2.56. The zero-order chi connectivity index (χ0) is 17.4. The monoisotopic (exact) mass is 346 g/mol. The average molecular weight is 347 g/mol. The third-order valence-electron chi connectivity index (χ3n) is 7.77. The van der Waals surface area contributed by atoms with Gasteiger partial charge < -0.3 is 10.2 Å². The number of hydrogen-bond donors (Lipinski definition) is 1. The molecule has 2 amide bonds. The summed E-state index contributed by atoms with van der Waals surface area (Å²) in [6.45, 7) is 3.23. The fourth-order valence-corrected chi connectivity index (χ4v) is 6.38. The molecule has 4 rings (SSSR count).